The maximum atomic E-state index is 2.49. The minimum Gasteiger partial charge on any atom is -0.311 e. The molecule has 0 bridgehead atoms. The maximum absolute atomic E-state index is 2.49. The molecule has 258 valence electrons. The Balaban J connectivity index is 1.16. The van der Waals surface area contributed by atoms with Crippen LogP contribution in [0.1, 0.15) is 0 Å². The fraction of sp³-hybridized carbons (Fsp3) is 0. The molecule has 0 radical (unpaired) electrons. The summed E-state index contributed by atoms with van der Waals surface area (Å²) >= 11 is 1.89. The Hall–Kier alpha value is -6.94. The highest BCUT2D eigenvalue weighted by Gasteiger charge is 2.21. The van der Waals surface area contributed by atoms with Gasteiger partial charge in [-0.15, -0.1) is 11.3 Å². The first-order chi connectivity index (χ1) is 27.3. The summed E-state index contributed by atoms with van der Waals surface area (Å²) in [5.41, 5.74) is 11.9. The largest absolute Gasteiger partial charge is 0.311 e. The van der Waals surface area contributed by atoms with Gasteiger partial charge in [0.2, 0.25) is 0 Å². The minimum atomic E-state index is 1.12. The molecule has 2 aromatic heterocycles. The summed E-state index contributed by atoms with van der Waals surface area (Å²) in [5.74, 6) is 0. The first kappa shape index (κ1) is 31.6. The summed E-state index contributed by atoms with van der Waals surface area (Å²) in [6.07, 6.45) is 0. The van der Waals surface area contributed by atoms with Crippen LogP contribution >= 0.6 is 11.3 Å². The second kappa shape index (κ2) is 12.9. The molecule has 3 heteroatoms. The summed E-state index contributed by atoms with van der Waals surface area (Å²) in [5, 5.41) is 7.61. The Bertz CT molecular complexity index is 3140. The Morgan fingerprint density at radius 3 is 1.75 bits per heavy atom. The zero-order valence-corrected chi connectivity index (χ0v) is 30.7. The molecule has 11 rings (SSSR count). The number of aromatic nitrogens is 1. The molecule has 2 nitrogen and oxygen atoms in total. The van der Waals surface area contributed by atoms with E-state index < -0.39 is 0 Å². The van der Waals surface area contributed by atoms with Gasteiger partial charge in [-0.25, -0.2) is 0 Å². The number of rotatable bonds is 6. The molecular formula is C52H34N2S. The minimum absolute atomic E-state index is 1.12. The van der Waals surface area contributed by atoms with E-state index in [1.54, 1.807) is 0 Å². The molecule has 9 aromatic carbocycles. The molecule has 0 saturated carbocycles. The lowest BCUT2D eigenvalue weighted by Gasteiger charge is -2.25. The number of hydrogen-bond acceptors (Lipinski definition) is 2. The fourth-order valence-corrected chi connectivity index (χ4v) is 9.73. The number of para-hydroxylation sites is 3. The highest BCUT2D eigenvalue weighted by molar-refractivity contribution is 7.26. The van der Waals surface area contributed by atoms with Crippen molar-refractivity contribution in [3.05, 3.63) is 206 Å². The third-order valence-electron chi connectivity index (χ3n) is 10.9. The van der Waals surface area contributed by atoms with E-state index in [-0.39, 0.29) is 0 Å². The maximum Gasteiger partial charge on any atom is 0.0625 e. The van der Waals surface area contributed by atoms with Gasteiger partial charge in [-0.3, -0.25) is 0 Å². The highest BCUT2D eigenvalue weighted by atomic mass is 32.1. The van der Waals surface area contributed by atoms with Crippen molar-refractivity contribution >= 4 is 81.1 Å². The number of nitrogens with zero attached hydrogens (tertiary/aromatic N) is 2. The molecule has 0 saturated heterocycles. The van der Waals surface area contributed by atoms with Crippen LogP contribution in [0.5, 0.6) is 0 Å². The van der Waals surface area contributed by atoms with Crippen molar-refractivity contribution in [3.63, 3.8) is 0 Å². The average molecular weight is 719 g/mol. The van der Waals surface area contributed by atoms with Crippen LogP contribution in [0.2, 0.25) is 0 Å². The molecule has 11 aromatic rings. The number of anilines is 3. The van der Waals surface area contributed by atoms with Gasteiger partial charge in [0.05, 0.1) is 11.0 Å². The first-order valence-corrected chi connectivity index (χ1v) is 19.6. The lowest BCUT2D eigenvalue weighted by atomic mass is 9.94. The molecule has 0 aliphatic carbocycles. The Kier molecular flexibility index (Phi) is 7.39. The van der Waals surface area contributed by atoms with Crippen molar-refractivity contribution in [2.45, 2.75) is 0 Å². The van der Waals surface area contributed by atoms with Gasteiger partial charge in [-0.05, 0) is 94.4 Å². The van der Waals surface area contributed by atoms with Crippen LogP contribution in [-0.4, -0.2) is 4.57 Å². The predicted molar refractivity (Wildman–Crippen MR) is 237 cm³/mol. The summed E-state index contributed by atoms with van der Waals surface area (Å²) in [6, 6.07) is 75.0. The van der Waals surface area contributed by atoms with E-state index in [4.69, 9.17) is 0 Å². The quantitative estimate of drug-likeness (QED) is 0.166. The number of fused-ring (bicyclic) bond motifs is 8. The summed E-state index contributed by atoms with van der Waals surface area (Å²) < 4.78 is 5.14. The van der Waals surface area contributed by atoms with Gasteiger partial charge in [0.25, 0.3) is 0 Å². The van der Waals surface area contributed by atoms with Gasteiger partial charge in [-0.1, -0.05) is 140 Å². The molecule has 0 unspecified atom stereocenters. The van der Waals surface area contributed by atoms with Crippen molar-refractivity contribution in [3.8, 4) is 27.9 Å². The van der Waals surface area contributed by atoms with Crippen molar-refractivity contribution in [1.82, 2.24) is 4.57 Å². The van der Waals surface area contributed by atoms with Gasteiger partial charge >= 0.3 is 0 Å². The molecule has 0 aliphatic heterocycles. The van der Waals surface area contributed by atoms with Crippen LogP contribution in [0, 0.1) is 0 Å². The average Bonchev–Trinajstić information content (AvgIpc) is 3.81. The summed E-state index contributed by atoms with van der Waals surface area (Å²) in [4.78, 5) is 2.32. The normalized spacial score (nSPS) is 11.6. The third kappa shape index (κ3) is 5.16. The Labute approximate surface area is 323 Å². The Morgan fingerprint density at radius 1 is 0.400 bits per heavy atom. The van der Waals surface area contributed by atoms with E-state index in [0.29, 0.717) is 0 Å². The van der Waals surface area contributed by atoms with Crippen LogP contribution < -0.4 is 4.90 Å². The Morgan fingerprint density at radius 2 is 1.00 bits per heavy atom. The van der Waals surface area contributed by atoms with E-state index in [0.717, 1.165) is 22.7 Å². The summed E-state index contributed by atoms with van der Waals surface area (Å²) in [7, 11) is 0. The van der Waals surface area contributed by atoms with Crippen LogP contribution in [0.15, 0.2) is 206 Å². The molecule has 0 N–H and O–H groups in total. The number of thiophene rings is 1. The standard InChI is InChI=1S/C52H34N2S/c1-4-16-38(17-5-1)53(39-18-6-2-7-19-39)41-30-27-35(28-31-41)47-33-36-15-10-11-22-42(36)51-50(47)46-32-29-37(34-48(46)54(51)40-20-8-3-9-21-40)43-24-14-25-45-44-23-12-13-26-49(44)55-52(43)45/h1-34H. The van der Waals surface area contributed by atoms with Crippen molar-refractivity contribution in [2.75, 3.05) is 4.90 Å². The van der Waals surface area contributed by atoms with E-state index in [1.165, 1.54) is 75.0 Å². The fourth-order valence-electron chi connectivity index (χ4n) is 8.49. The molecule has 2 heterocycles. The molecule has 0 aliphatic rings. The zero-order chi connectivity index (χ0) is 36.3. The molecule has 0 amide bonds. The second-order valence-electron chi connectivity index (χ2n) is 14.1. The SMILES string of the molecule is c1ccc(N(c2ccccc2)c2ccc(-c3cc4ccccc4c4c3c3ccc(-c5cccc6c5sc5ccccc56)cc3n4-c3ccccc3)cc2)cc1. The first-order valence-electron chi connectivity index (χ1n) is 18.8. The highest BCUT2D eigenvalue weighted by Crippen LogP contribution is 2.46. The topological polar surface area (TPSA) is 8.17 Å². The van der Waals surface area contributed by atoms with Crippen LogP contribution in [-0.2, 0) is 0 Å². The van der Waals surface area contributed by atoms with Gasteiger partial charge in [0.15, 0.2) is 0 Å². The molecule has 0 atom stereocenters. The van der Waals surface area contributed by atoms with Gasteiger partial charge < -0.3 is 9.47 Å². The van der Waals surface area contributed by atoms with Crippen LogP contribution in [0.25, 0.3) is 80.7 Å². The number of benzene rings is 9. The monoisotopic (exact) mass is 718 g/mol. The third-order valence-corrected chi connectivity index (χ3v) is 12.2. The van der Waals surface area contributed by atoms with E-state index in [9.17, 15) is 0 Å². The van der Waals surface area contributed by atoms with Crippen molar-refractivity contribution in [1.29, 1.82) is 0 Å². The van der Waals surface area contributed by atoms with E-state index in [1.807, 2.05) is 11.3 Å². The number of hydrogen-bond donors (Lipinski definition) is 0. The van der Waals surface area contributed by atoms with E-state index >= 15 is 0 Å². The predicted octanol–water partition coefficient (Wildman–Crippen LogP) is 15.1. The molecule has 55 heavy (non-hydrogen) atoms. The van der Waals surface area contributed by atoms with Gasteiger partial charge in [0, 0.05) is 59.1 Å². The van der Waals surface area contributed by atoms with Gasteiger partial charge in [0.1, 0.15) is 0 Å². The molecular weight excluding hydrogens is 685 g/mol. The van der Waals surface area contributed by atoms with Crippen LogP contribution in [0.3, 0.4) is 0 Å². The molecule has 0 spiro atoms. The lowest BCUT2D eigenvalue weighted by Crippen LogP contribution is -2.09. The van der Waals surface area contributed by atoms with E-state index in [2.05, 4.69) is 216 Å². The van der Waals surface area contributed by atoms with Crippen molar-refractivity contribution < 1.29 is 0 Å². The molecule has 0 fully saturated rings. The zero-order valence-electron chi connectivity index (χ0n) is 29.9. The second-order valence-corrected chi connectivity index (χ2v) is 15.2. The van der Waals surface area contributed by atoms with Crippen molar-refractivity contribution in [2.24, 2.45) is 0 Å². The smallest absolute Gasteiger partial charge is 0.0625 e. The summed E-state index contributed by atoms with van der Waals surface area (Å²) in [6.45, 7) is 0. The van der Waals surface area contributed by atoms with Crippen LogP contribution in [0.4, 0.5) is 17.1 Å². The lowest BCUT2D eigenvalue weighted by molar-refractivity contribution is 1.19. The van der Waals surface area contributed by atoms with Gasteiger partial charge in [-0.2, -0.15) is 0 Å².